The maximum absolute atomic E-state index is 5.80. The number of benzene rings is 1. The second-order valence-corrected chi connectivity index (χ2v) is 6.43. The van der Waals surface area contributed by atoms with Gasteiger partial charge in [-0.15, -0.1) is 24.8 Å². The van der Waals surface area contributed by atoms with Gasteiger partial charge in [0.2, 0.25) is 0 Å². The van der Waals surface area contributed by atoms with Gasteiger partial charge in [-0.1, -0.05) is 30.3 Å². The number of nitrogens with two attached hydrogens (primary N) is 1. The molecule has 2 aliphatic heterocycles. The van der Waals surface area contributed by atoms with Crippen LogP contribution in [-0.4, -0.2) is 41.5 Å². The summed E-state index contributed by atoms with van der Waals surface area (Å²) in [5.41, 5.74) is 7.21. The molecule has 3 heterocycles. The Morgan fingerprint density at radius 2 is 1.79 bits per heavy atom. The van der Waals surface area contributed by atoms with Crippen LogP contribution >= 0.6 is 24.8 Å². The molecule has 2 aromatic rings. The molecule has 2 N–H and O–H groups in total. The summed E-state index contributed by atoms with van der Waals surface area (Å²) in [5.74, 6) is 2.82. The van der Waals surface area contributed by atoms with Crippen molar-refractivity contribution < 1.29 is 0 Å². The van der Waals surface area contributed by atoms with Crippen LogP contribution in [0.4, 0.5) is 11.6 Å². The number of hydrogen-bond acceptors (Lipinski definition) is 5. The monoisotopic (exact) mass is 367 g/mol. The summed E-state index contributed by atoms with van der Waals surface area (Å²) in [6.45, 7) is 3.22. The fourth-order valence-corrected chi connectivity index (χ4v) is 4.13. The van der Waals surface area contributed by atoms with Crippen LogP contribution in [0.5, 0.6) is 0 Å². The predicted octanol–water partition coefficient (Wildman–Crippen LogP) is 2.64. The standard InChI is InChI=1S/C17H21N5.2ClH/c1-21-8-13-9-22(16-7-15(18)19-11-20-16)10-14(13)17(21)12-5-3-2-4-6-12;;/h2-7,11,13-14,17H,8-10H2,1H3,(H2,18,19,20);2*1H/t13-,14+,17-;;/m0../s1. The SMILES string of the molecule is CN1C[C@H]2CN(c3cc(N)ncn3)C[C@H]2[C@@H]1c1ccccc1.Cl.Cl. The topological polar surface area (TPSA) is 58.3 Å². The van der Waals surface area contributed by atoms with Crippen molar-refractivity contribution in [1.82, 2.24) is 14.9 Å². The first-order chi connectivity index (χ1) is 10.7. The van der Waals surface area contributed by atoms with Crippen LogP contribution in [0, 0.1) is 11.8 Å². The molecule has 7 heteroatoms. The Morgan fingerprint density at radius 1 is 1.04 bits per heavy atom. The highest BCUT2D eigenvalue weighted by Gasteiger charge is 2.46. The number of aromatic nitrogens is 2. The van der Waals surface area contributed by atoms with Crippen molar-refractivity contribution in [1.29, 1.82) is 0 Å². The Morgan fingerprint density at radius 3 is 2.50 bits per heavy atom. The van der Waals surface area contributed by atoms with Gasteiger partial charge in [0, 0.05) is 37.7 Å². The largest absolute Gasteiger partial charge is 0.384 e. The first-order valence-electron chi connectivity index (χ1n) is 7.80. The molecule has 3 atom stereocenters. The summed E-state index contributed by atoms with van der Waals surface area (Å²) in [7, 11) is 2.24. The van der Waals surface area contributed by atoms with E-state index >= 15 is 0 Å². The number of likely N-dealkylation sites (tertiary alicyclic amines) is 1. The normalized spacial score (nSPS) is 25.7. The van der Waals surface area contributed by atoms with Crippen LogP contribution in [0.3, 0.4) is 0 Å². The Hall–Kier alpha value is -1.56. The molecule has 0 radical (unpaired) electrons. The molecule has 0 amide bonds. The van der Waals surface area contributed by atoms with Gasteiger partial charge < -0.3 is 10.6 Å². The zero-order valence-electron chi connectivity index (χ0n) is 13.6. The van der Waals surface area contributed by atoms with Crippen molar-refractivity contribution in [2.24, 2.45) is 11.8 Å². The fourth-order valence-electron chi connectivity index (χ4n) is 4.13. The van der Waals surface area contributed by atoms with Crippen LogP contribution < -0.4 is 10.6 Å². The molecule has 0 bridgehead atoms. The molecular formula is C17H23Cl2N5. The van der Waals surface area contributed by atoms with Crippen molar-refractivity contribution >= 4 is 36.4 Å². The average Bonchev–Trinajstić information content (AvgIpc) is 3.04. The lowest BCUT2D eigenvalue weighted by atomic mass is 9.90. The zero-order valence-corrected chi connectivity index (χ0v) is 15.2. The quantitative estimate of drug-likeness (QED) is 0.883. The molecule has 130 valence electrons. The molecule has 0 spiro atoms. The fraction of sp³-hybridized carbons (Fsp3) is 0.412. The first-order valence-corrected chi connectivity index (χ1v) is 7.80. The maximum Gasteiger partial charge on any atom is 0.134 e. The third-order valence-electron chi connectivity index (χ3n) is 5.03. The van der Waals surface area contributed by atoms with Gasteiger partial charge in [0.1, 0.15) is 18.0 Å². The van der Waals surface area contributed by atoms with E-state index in [0.29, 0.717) is 23.7 Å². The third-order valence-corrected chi connectivity index (χ3v) is 5.03. The van der Waals surface area contributed by atoms with Crippen LogP contribution in [-0.2, 0) is 0 Å². The second kappa shape index (κ2) is 7.55. The lowest BCUT2D eigenvalue weighted by Crippen LogP contribution is -2.29. The second-order valence-electron chi connectivity index (χ2n) is 6.43. The number of fused-ring (bicyclic) bond motifs is 1. The van der Waals surface area contributed by atoms with E-state index in [0.717, 1.165) is 25.5 Å². The Balaban J connectivity index is 0.00000104. The van der Waals surface area contributed by atoms with Gasteiger partial charge in [0.25, 0.3) is 0 Å². The summed E-state index contributed by atoms with van der Waals surface area (Å²) >= 11 is 0. The highest BCUT2D eigenvalue weighted by Crippen LogP contribution is 2.44. The van der Waals surface area contributed by atoms with Gasteiger partial charge in [-0.2, -0.15) is 0 Å². The molecule has 1 aromatic heterocycles. The minimum atomic E-state index is 0. The van der Waals surface area contributed by atoms with Gasteiger partial charge in [-0.05, 0) is 18.5 Å². The number of nitrogen functional groups attached to an aromatic ring is 1. The summed E-state index contributed by atoms with van der Waals surface area (Å²) in [4.78, 5) is 13.2. The van der Waals surface area contributed by atoms with E-state index in [1.54, 1.807) is 6.33 Å². The van der Waals surface area contributed by atoms with Crippen LogP contribution in [0.15, 0.2) is 42.7 Å². The number of hydrogen-bond donors (Lipinski definition) is 1. The van der Waals surface area contributed by atoms with E-state index in [-0.39, 0.29) is 24.8 Å². The van der Waals surface area contributed by atoms with E-state index in [9.17, 15) is 0 Å². The molecule has 5 nitrogen and oxygen atoms in total. The molecule has 2 saturated heterocycles. The van der Waals surface area contributed by atoms with Crippen LogP contribution in [0.2, 0.25) is 0 Å². The summed E-state index contributed by atoms with van der Waals surface area (Å²) in [6, 6.07) is 13.2. The van der Waals surface area contributed by atoms with Gasteiger partial charge in [0.15, 0.2) is 0 Å². The molecule has 4 rings (SSSR count). The van der Waals surface area contributed by atoms with Crippen molar-refractivity contribution in [3.63, 3.8) is 0 Å². The summed E-state index contributed by atoms with van der Waals surface area (Å²) < 4.78 is 0. The lowest BCUT2D eigenvalue weighted by molar-refractivity contribution is 0.280. The van der Waals surface area contributed by atoms with Crippen LogP contribution in [0.25, 0.3) is 0 Å². The summed E-state index contributed by atoms with van der Waals surface area (Å²) in [5, 5.41) is 0. The maximum atomic E-state index is 5.80. The van der Waals surface area contributed by atoms with E-state index in [1.165, 1.54) is 5.56 Å². The number of anilines is 2. The first kappa shape index (κ1) is 18.8. The Kier molecular flexibility index (Phi) is 5.91. The van der Waals surface area contributed by atoms with Crippen molar-refractivity contribution in [2.45, 2.75) is 6.04 Å². The smallest absolute Gasteiger partial charge is 0.134 e. The number of rotatable bonds is 2. The van der Waals surface area contributed by atoms with Crippen LogP contribution in [0.1, 0.15) is 11.6 Å². The van der Waals surface area contributed by atoms with E-state index in [2.05, 4.69) is 57.1 Å². The van der Waals surface area contributed by atoms with Gasteiger partial charge in [0.05, 0.1) is 0 Å². The van der Waals surface area contributed by atoms with E-state index in [1.807, 2.05) is 6.07 Å². The van der Waals surface area contributed by atoms with Gasteiger partial charge >= 0.3 is 0 Å². The van der Waals surface area contributed by atoms with E-state index < -0.39 is 0 Å². The zero-order chi connectivity index (χ0) is 15.1. The molecule has 2 fully saturated rings. The molecule has 0 saturated carbocycles. The molecular weight excluding hydrogens is 345 g/mol. The average molecular weight is 368 g/mol. The van der Waals surface area contributed by atoms with Crippen molar-refractivity contribution in [3.8, 4) is 0 Å². The van der Waals surface area contributed by atoms with Gasteiger partial charge in [-0.3, -0.25) is 4.90 Å². The highest BCUT2D eigenvalue weighted by molar-refractivity contribution is 5.85. The highest BCUT2D eigenvalue weighted by atomic mass is 35.5. The number of nitrogens with zero attached hydrogens (tertiary/aromatic N) is 4. The third kappa shape index (κ3) is 3.29. The van der Waals surface area contributed by atoms with Crippen molar-refractivity contribution in [3.05, 3.63) is 48.3 Å². The Labute approximate surface area is 155 Å². The molecule has 0 aliphatic carbocycles. The Bertz CT molecular complexity index is 669. The molecule has 1 aromatic carbocycles. The van der Waals surface area contributed by atoms with E-state index in [4.69, 9.17) is 5.73 Å². The van der Waals surface area contributed by atoms with Crippen molar-refractivity contribution in [2.75, 3.05) is 37.3 Å². The van der Waals surface area contributed by atoms with Gasteiger partial charge in [-0.25, -0.2) is 9.97 Å². The predicted molar refractivity (Wildman–Crippen MR) is 102 cm³/mol. The molecule has 24 heavy (non-hydrogen) atoms. The summed E-state index contributed by atoms with van der Waals surface area (Å²) in [6.07, 6.45) is 1.56. The minimum absolute atomic E-state index is 0. The molecule has 0 unspecified atom stereocenters. The number of halogens is 2. The molecule has 2 aliphatic rings. The lowest BCUT2D eigenvalue weighted by Gasteiger charge is -2.27. The minimum Gasteiger partial charge on any atom is -0.384 e.